The quantitative estimate of drug-likeness (QED) is 0.397. The summed E-state index contributed by atoms with van der Waals surface area (Å²) in [6.45, 7) is 9.67. The predicted octanol–water partition coefficient (Wildman–Crippen LogP) is 2.66. The summed E-state index contributed by atoms with van der Waals surface area (Å²) in [5.41, 5.74) is 13.2. The van der Waals surface area contributed by atoms with Crippen molar-refractivity contribution in [2.24, 2.45) is 10.7 Å². The van der Waals surface area contributed by atoms with Crippen molar-refractivity contribution in [2.45, 2.75) is 72.0 Å². The third kappa shape index (κ3) is 5.19. The maximum Gasteiger partial charge on any atom is 0.305 e. The van der Waals surface area contributed by atoms with Gasteiger partial charge in [0.1, 0.15) is 11.7 Å². The summed E-state index contributed by atoms with van der Waals surface area (Å²) in [7, 11) is 1.40. The van der Waals surface area contributed by atoms with Gasteiger partial charge in [0.05, 0.1) is 18.5 Å². The number of H-pyrrole nitrogens is 2. The maximum absolute atomic E-state index is 11.9. The van der Waals surface area contributed by atoms with Crippen LogP contribution in [0.15, 0.2) is 33.6 Å². The second kappa shape index (κ2) is 10.6. The van der Waals surface area contributed by atoms with Crippen LogP contribution >= 0.6 is 0 Å². The predicted molar refractivity (Wildman–Crippen MR) is 151 cm³/mol. The van der Waals surface area contributed by atoms with E-state index in [1.807, 2.05) is 39.0 Å². The molecule has 6 bridgehead atoms. The van der Waals surface area contributed by atoms with Crippen molar-refractivity contribution in [3.8, 4) is 0 Å². The van der Waals surface area contributed by atoms with Gasteiger partial charge in [-0.2, -0.15) is 0 Å². The highest BCUT2D eigenvalue weighted by Crippen LogP contribution is 2.32. The van der Waals surface area contributed by atoms with Crippen LogP contribution < -0.4 is 16.4 Å². The van der Waals surface area contributed by atoms with Crippen molar-refractivity contribution < 1.29 is 19.7 Å². The second-order valence-corrected chi connectivity index (χ2v) is 10.3. The van der Waals surface area contributed by atoms with Crippen molar-refractivity contribution in [2.75, 3.05) is 7.11 Å². The van der Waals surface area contributed by atoms with Crippen molar-refractivity contribution in [1.82, 2.24) is 9.97 Å². The average molecular weight is 519 g/mol. The van der Waals surface area contributed by atoms with Crippen molar-refractivity contribution in [3.05, 3.63) is 67.4 Å². The number of aliphatic hydroxyl groups excluding tert-OH is 1. The van der Waals surface area contributed by atoms with E-state index in [4.69, 9.17) is 10.5 Å². The van der Waals surface area contributed by atoms with E-state index in [-0.39, 0.29) is 12.4 Å². The fraction of sp³-hybridized carbons (Fsp3) is 0.400. The summed E-state index contributed by atoms with van der Waals surface area (Å²) in [5.74, 6) is -0.263. The Morgan fingerprint density at radius 1 is 1.21 bits per heavy atom. The Bertz CT molecular complexity index is 1510. The Morgan fingerprint density at radius 2 is 1.95 bits per heavy atom. The number of ether oxygens (including phenoxy) is 1. The van der Waals surface area contributed by atoms with Gasteiger partial charge in [0, 0.05) is 34.2 Å². The number of fused-ring (bicyclic) bond motifs is 5. The summed E-state index contributed by atoms with van der Waals surface area (Å²) in [6, 6.07) is 1.95. The van der Waals surface area contributed by atoms with E-state index in [1.54, 1.807) is 13.0 Å². The van der Waals surface area contributed by atoms with Crippen molar-refractivity contribution in [3.63, 3.8) is 0 Å². The van der Waals surface area contributed by atoms with Gasteiger partial charge in [0.15, 0.2) is 0 Å². The zero-order valence-electron chi connectivity index (χ0n) is 23.0. The molecule has 0 fully saturated rings. The van der Waals surface area contributed by atoms with Gasteiger partial charge in [-0.3, -0.25) is 9.79 Å². The molecule has 8 nitrogen and oxygen atoms in total. The highest BCUT2D eigenvalue weighted by atomic mass is 16.5. The third-order valence-corrected chi connectivity index (χ3v) is 7.72. The molecular formula is C30H38N4O4. The minimum absolute atomic E-state index is 0.263. The highest BCUT2D eigenvalue weighted by molar-refractivity contribution is 6.16. The first kappa shape index (κ1) is 27.4. The van der Waals surface area contributed by atoms with Crippen LogP contribution in [-0.2, 0) is 16.0 Å². The first-order valence-corrected chi connectivity index (χ1v) is 13.0. The number of aliphatic hydroxyl groups is 2. The number of allylic oxidation sites excluding steroid dienone is 2. The monoisotopic (exact) mass is 518 g/mol. The number of rotatable bonds is 4. The zero-order valence-corrected chi connectivity index (χ0v) is 23.0. The van der Waals surface area contributed by atoms with Crippen molar-refractivity contribution >= 4 is 36.0 Å². The molecule has 4 heterocycles. The number of methoxy groups -OCH3 is 1. The van der Waals surface area contributed by atoms with Gasteiger partial charge < -0.3 is 30.7 Å². The average Bonchev–Trinajstić information content (AvgIpc) is 3.45. The number of aromatic amines is 2. The molecule has 38 heavy (non-hydrogen) atoms. The van der Waals surface area contributed by atoms with Gasteiger partial charge in [0.2, 0.25) is 0 Å². The van der Waals surface area contributed by atoms with E-state index in [2.05, 4.69) is 28.0 Å². The molecule has 0 spiro atoms. The van der Waals surface area contributed by atoms with Gasteiger partial charge in [-0.1, -0.05) is 18.6 Å². The third-order valence-electron chi connectivity index (χ3n) is 7.72. The molecule has 0 saturated heterocycles. The Kier molecular flexibility index (Phi) is 7.67. The minimum atomic E-state index is -1.54. The summed E-state index contributed by atoms with van der Waals surface area (Å²) < 4.78 is 4.88. The molecule has 2 aromatic heterocycles. The standard InChI is InChI=1S/C30H38N4O4/c1-7-21-18(4)25-15-26-29(36)30(5,37)27(34-26)13-20-12-16(2)24(32-20)14-22(31)17(3)19(8-10-23(21)33-25)9-11-28(35)38-6/h10,12-15,29,32-33,36-37H,7-9,11,31H2,1-6H3/b19-17+,22-14-,23-10-,25-15-,27-13-. The van der Waals surface area contributed by atoms with E-state index in [0.29, 0.717) is 29.9 Å². The van der Waals surface area contributed by atoms with Crippen LogP contribution in [0.1, 0.15) is 68.1 Å². The largest absolute Gasteiger partial charge is 0.469 e. The number of aryl methyl sites for hydroxylation is 1. The SMILES string of the molecule is CCc1c(C)/c2[nH]/c1=C\C/C(CCC(=O)OC)=C(C)\C(N)=C\c1[nH]c(cc1C)/C=C1N=C(\C=2)C(O)C\1(C)O. The van der Waals surface area contributed by atoms with Crippen LogP contribution in [0.2, 0.25) is 0 Å². The maximum atomic E-state index is 11.9. The molecule has 0 radical (unpaired) electrons. The van der Waals surface area contributed by atoms with E-state index in [1.165, 1.54) is 7.11 Å². The molecule has 6 N–H and O–H groups in total. The number of nitrogens with one attached hydrogen (secondary N) is 2. The van der Waals surface area contributed by atoms with Gasteiger partial charge >= 0.3 is 5.97 Å². The molecule has 2 aliphatic heterocycles. The number of nitrogens with zero attached hydrogens (tertiary/aromatic N) is 1. The molecule has 0 saturated carbocycles. The van der Waals surface area contributed by atoms with E-state index >= 15 is 0 Å². The molecule has 2 aromatic rings. The lowest BCUT2D eigenvalue weighted by Crippen LogP contribution is -2.40. The fourth-order valence-electron chi connectivity index (χ4n) is 5.10. The first-order chi connectivity index (χ1) is 18.0. The summed E-state index contributed by atoms with van der Waals surface area (Å²) in [6.07, 6.45) is 8.62. The summed E-state index contributed by atoms with van der Waals surface area (Å²) in [4.78, 5) is 23.4. The zero-order chi connectivity index (χ0) is 27.8. The summed E-state index contributed by atoms with van der Waals surface area (Å²) in [5, 5.41) is 23.9. The molecule has 0 aliphatic carbocycles. The van der Waals surface area contributed by atoms with E-state index in [0.717, 1.165) is 56.3 Å². The van der Waals surface area contributed by atoms with Crippen LogP contribution in [0.25, 0.3) is 24.3 Å². The second-order valence-electron chi connectivity index (χ2n) is 10.3. The lowest BCUT2D eigenvalue weighted by Gasteiger charge is -2.22. The number of aliphatic imine (C=N–C) groups is 1. The lowest BCUT2D eigenvalue weighted by atomic mass is 9.95. The molecule has 202 valence electrons. The van der Waals surface area contributed by atoms with Gasteiger partial charge in [-0.05, 0) is 93.5 Å². The van der Waals surface area contributed by atoms with E-state index in [9.17, 15) is 15.0 Å². The van der Waals surface area contributed by atoms with Crippen molar-refractivity contribution in [1.29, 1.82) is 0 Å². The number of hydrogen-bond donors (Lipinski definition) is 5. The number of esters is 1. The highest BCUT2D eigenvalue weighted by Gasteiger charge is 2.42. The van der Waals surface area contributed by atoms with Gasteiger partial charge in [0.25, 0.3) is 0 Å². The molecular weight excluding hydrogens is 480 g/mol. The van der Waals surface area contributed by atoms with Crippen LogP contribution in [-0.4, -0.2) is 50.7 Å². The smallest absolute Gasteiger partial charge is 0.305 e. The molecule has 0 amide bonds. The van der Waals surface area contributed by atoms with Crippen LogP contribution in [0.5, 0.6) is 0 Å². The number of hydrogen-bond acceptors (Lipinski definition) is 6. The number of carbonyl (C=O) groups excluding carboxylic acids is 1. The van der Waals surface area contributed by atoms with Crippen LogP contribution in [0, 0.1) is 13.8 Å². The Morgan fingerprint density at radius 3 is 2.63 bits per heavy atom. The van der Waals surface area contributed by atoms with Gasteiger partial charge in [-0.15, -0.1) is 0 Å². The minimum Gasteiger partial charge on any atom is -0.469 e. The van der Waals surface area contributed by atoms with Gasteiger partial charge in [-0.25, -0.2) is 0 Å². The molecule has 8 heteroatoms. The number of carbonyl (C=O) groups is 1. The Hall–Kier alpha value is -3.62. The Balaban J connectivity index is 1.97. The molecule has 2 aliphatic rings. The molecule has 2 atom stereocenters. The number of nitrogens with two attached hydrogens (primary N) is 1. The first-order valence-electron chi connectivity index (χ1n) is 13.0. The normalized spacial score (nSPS) is 28.1. The fourth-order valence-corrected chi connectivity index (χ4v) is 5.10. The number of aromatic nitrogens is 2. The van der Waals surface area contributed by atoms with Crippen LogP contribution in [0.3, 0.4) is 0 Å². The molecule has 2 unspecified atom stereocenters. The topological polar surface area (TPSA) is 137 Å². The van der Waals surface area contributed by atoms with E-state index < -0.39 is 11.7 Å². The molecule has 4 rings (SSSR count). The Labute approximate surface area is 223 Å². The van der Waals surface area contributed by atoms with Crippen LogP contribution in [0.4, 0.5) is 0 Å². The lowest BCUT2D eigenvalue weighted by molar-refractivity contribution is -0.140. The summed E-state index contributed by atoms with van der Waals surface area (Å²) >= 11 is 0. The molecule has 0 aromatic carbocycles.